The lowest BCUT2D eigenvalue weighted by Crippen LogP contribution is -2.64. The molecular weight excluding hydrogens is 851 g/mol. The largest absolute Gasteiger partial charge is 0.455 e. The van der Waals surface area contributed by atoms with Gasteiger partial charge in [-0.3, -0.25) is 14.8 Å². The fourth-order valence-corrected chi connectivity index (χ4v) is 13.2. The van der Waals surface area contributed by atoms with E-state index in [-0.39, 0.29) is 39.5 Å². The molecule has 4 fully saturated rings. The van der Waals surface area contributed by atoms with Gasteiger partial charge in [-0.2, -0.15) is 5.10 Å². The number of hydrogen-bond acceptors (Lipinski definition) is 10. The number of carbonyl (C=O) groups excluding carboxylic acids is 3. The maximum atomic E-state index is 14.2. The van der Waals surface area contributed by atoms with E-state index in [1.54, 1.807) is 18.0 Å². The maximum Gasteiger partial charge on any atom is 0.410 e. The van der Waals surface area contributed by atoms with E-state index in [2.05, 4.69) is 40.7 Å². The van der Waals surface area contributed by atoms with Crippen LogP contribution >= 0.6 is 11.3 Å². The molecule has 10 rings (SSSR count). The topological polar surface area (TPSA) is 154 Å². The third-order valence-corrected chi connectivity index (χ3v) is 14.6. The van der Waals surface area contributed by atoms with E-state index in [0.29, 0.717) is 46.3 Å². The van der Waals surface area contributed by atoms with Crippen molar-refractivity contribution in [2.24, 2.45) is 16.2 Å². The highest BCUT2D eigenvalue weighted by molar-refractivity contribution is 7.22. The Kier molecular flexibility index (Phi) is 11.1. The van der Waals surface area contributed by atoms with E-state index in [1.165, 1.54) is 17.8 Å². The number of likely N-dealkylation sites (N-methyl/N-ethyl adjacent to an activating group) is 1. The van der Waals surface area contributed by atoms with Crippen molar-refractivity contribution in [1.29, 1.82) is 0 Å². The van der Waals surface area contributed by atoms with Crippen LogP contribution in [0.25, 0.3) is 43.6 Å². The maximum absolute atomic E-state index is 14.2. The second kappa shape index (κ2) is 16.0. The Bertz CT molecular complexity index is 2850. The number of thiazole rings is 1. The van der Waals surface area contributed by atoms with E-state index < -0.39 is 17.2 Å². The molecule has 2 atom stereocenters. The van der Waals surface area contributed by atoms with Gasteiger partial charge in [0, 0.05) is 42.3 Å². The highest BCUT2D eigenvalue weighted by atomic mass is 32.1. The molecule has 4 saturated carbocycles. The molecule has 4 bridgehead atoms. The third-order valence-electron chi connectivity index (χ3n) is 13.7. The summed E-state index contributed by atoms with van der Waals surface area (Å²) in [5, 5.41) is 9.42. The second-order valence-electron chi connectivity index (χ2n) is 22.3. The van der Waals surface area contributed by atoms with Crippen molar-refractivity contribution in [3.05, 3.63) is 83.3 Å². The number of aryl methyl sites for hydroxylation is 1. The van der Waals surface area contributed by atoms with Crippen molar-refractivity contribution in [2.75, 3.05) is 25.5 Å². The van der Waals surface area contributed by atoms with Crippen LogP contribution < -0.4 is 5.32 Å². The Balaban J connectivity index is 1.00. The van der Waals surface area contributed by atoms with Gasteiger partial charge in [-0.05, 0) is 146 Å². The van der Waals surface area contributed by atoms with Crippen LogP contribution in [0.3, 0.4) is 0 Å². The molecule has 2 N–H and O–H groups in total. The average molecular weight is 914 g/mol. The Morgan fingerprint density at radius 1 is 0.848 bits per heavy atom. The average Bonchev–Trinajstić information content (AvgIpc) is 3.88. The molecule has 4 aliphatic rings. The van der Waals surface area contributed by atoms with Gasteiger partial charge in [0.1, 0.15) is 11.2 Å². The van der Waals surface area contributed by atoms with E-state index in [0.717, 1.165) is 71.1 Å². The molecule has 14 heteroatoms. The number of nitrogens with zero attached hydrogens (tertiary/aromatic N) is 5. The molecule has 348 valence electrons. The Morgan fingerprint density at radius 3 is 2.26 bits per heavy atom. The molecule has 6 aromatic rings. The lowest BCUT2D eigenvalue weighted by Gasteiger charge is -2.69. The van der Waals surface area contributed by atoms with Crippen molar-refractivity contribution in [3.8, 4) is 22.5 Å². The minimum absolute atomic E-state index is 0.0449. The second-order valence-corrected chi connectivity index (χ2v) is 23.3. The van der Waals surface area contributed by atoms with Crippen molar-refractivity contribution in [3.63, 3.8) is 0 Å². The molecule has 2 amide bonds. The molecule has 0 spiro atoms. The number of fused-ring (bicyclic) bond motifs is 2. The first kappa shape index (κ1) is 45.6. The summed E-state index contributed by atoms with van der Waals surface area (Å²) in [5.74, 6) is -0.810. The summed E-state index contributed by atoms with van der Waals surface area (Å²) in [6.45, 7) is 21.7. The number of benzene rings is 2. The van der Waals surface area contributed by atoms with Gasteiger partial charge >= 0.3 is 12.1 Å². The highest BCUT2D eigenvalue weighted by Gasteiger charge is 2.66. The van der Waals surface area contributed by atoms with Crippen molar-refractivity contribution < 1.29 is 28.6 Å². The number of amides is 2. The Hall–Kier alpha value is -5.60. The fourth-order valence-electron chi connectivity index (χ4n) is 12.4. The van der Waals surface area contributed by atoms with E-state index in [1.807, 2.05) is 103 Å². The molecule has 66 heavy (non-hydrogen) atoms. The molecule has 2 unspecified atom stereocenters. The number of pyridine rings is 1. The summed E-state index contributed by atoms with van der Waals surface area (Å²) in [7, 11) is 1.77. The third kappa shape index (κ3) is 8.86. The number of esters is 1. The lowest BCUT2D eigenvalue weighted by atomic mass is 9.39. The van der Waals surface area contributed by atoms with Crippen LogP contribution in [-0.4, -0.2) is 84.6 Å². The minimum Gasteiger partial charge on any atom is -0.455 e. The number of anilines is 1. The number of aromatic nitrogens is 5. The monoisotopic (exact) mass is 913 g/mol. The van der Waals surface area contributed by atoms with Gasteiger partial charge in [-0.1, -0.05) is 49.4 Å². The Labute approximate surface area is 391 Å². The molecular formula is C52H63N7O6S. The van der Waals surface area contributed by atoms with Crippen molar-refractivity contribution >= 4 is 55.6 Å². The molecule has 2 aromatic carbocycles. The van der Waals surface area contributed by atoms with Gasteiger partial charge in [-0.25, -0.2) is 19.6 Å². The smallest absolute Gasteiger partial charge is 0.410 e. The molecule has 4 aliphatic carbocycles. The predicted octanol–water partition coefficient (Wildman–Crippen LogP) is 11.5. The molecule has 0 saturated heterocycles. The number of ether oxygens (including phenoxy) is 3. The zero-order chi connectivity index (χ0) is 47.2. The normalized spacial score (nSPS) is 23.7. The molecule has 0 radical (unpaired) electrons. The number of carbonyl (C=O) groups is 3. The summed E-state index contributed by atoms with van der Waals surface area (Å²) in [6, 6.07) is 17.3. The van der Waals surface area contributed by atoms with Crippen LogP contribution in [0.1, 0.15) is 126 Å². The number of nitrogens with one attached hydrogen (secondary N) is 2. The highest BCUT2D eigenvalue weighted by Crippen LogP contribution is 2.72. The zero-order valence-electron chi connectivity index (χ0n) is 40.2. The predicted molar refractivity (Wildman–Crippen MR) is 259 cm³/mol. The van der Waals surface area contributed by atoms with Gasteiger partial charge in [0.25, 0.3) is 5.91 Å². The number of H-pyrrole nitrogens is 1. The van der Waals surface area contributed by atoms with Crippen LogP contribution in [0.5, 0.6) is 0 Å². The number of rotatable bonds is 11. The number of aromatic amines is 1. The van der Waals surface area contributed by atoms with Crippen molar-refractivity contribution in [2.45, 2.75) is 131 Å². The van der Waals surface area contributed by atoms with E-state index >= 15 is 0 Å². The summed E-state index contributed by atoms with van der Waals surface area (Å²) in [4.78, 5) is 55.5. The Morgan fingerprint density at radius 2 is 1.56 bits per heavy atom. The SMILES string of the molecule is Cc1c(-c2ccc(-c3cnn(CC45CC6(C)CC(C)(C4)CC(OCCN(C)C(=O)OC(C)(C)C)(C6)C5)c3C)c(C(=O)OC(C)(C)C)n2)[nH]c2c(C(=O)Nc3nc4ccccc4s3)cccc12. The molecule has 0 aliphatic heterocycles. The van der Waals surface area contributed by atoms with Crippen LogP contribution in [0.2, 0.25) is 0 Å². The molecule has 4 heterocycles. The zero-order valence-corrected chi connectivity index (χ0v) is 41.0. The van der Waals surface area contributed by atoms with E-state index in [9.17, 15) is 14.4 Å². The first-order chi connectivity index (χ1) is 30.9. The van der Waals surface area contributed by atoms with Gasteiger partial charge in [0.05, 0.1) is 51.1 Å². The van der Waals surface area contributed by atoms with Gasteiger partial charge in [-0.15, -0.1) is 0 Å². The first-order valence-electron chi connectivity index (χ1n) is 23.1. The summed E-state index contributed by atoms with van der Waals surface area (Å²) in [6.07, 6.45) is 7.77. The summed E-state index contributed by atoms with van der Waals surface area (Å²) >= 11 is 1.43. The van der Waals surface area contributed by atoms with E-state index in [4.69, 9.17) is 24.3 Å². The molecule has 13 nitrogen and oxygen atoms in total. The minimum atomic E-state index is -0.762. The number of hydrogen-bond donors (Lipinski definition) is 2. The standard InChI is InChI=1S/C52H63N7O6S/c1-31-33-15-14-16-35(43(60)57-45-55-37-17-12-13-18-39(37)66-45)41(33)56-40(31)38-20-19-34(42(54-38)44(61)64-47(3,4)5)36-23-53-59(32(36)2)30-51-25-49(9)24-50(10,26-51)28-52(27-49,29-51)63-22-21-58(11)46(62)65-48(6,7)8/h12-20,23,56H,21-22,24-30H2,1-11H3,(H,55,57,60). The number of para-hydroxylation sites is 2. The van der Waals surface area contributed by atoms with Crippen LogP contribution in [0.15, 0.2) is 60.8 Å². The first-order valence-corrected chi connectivity index (χ1v) is 23.9. The quantitative estimate of drug-likeness (QED) is 0.121. The summed E-state index contributed by atoms with van der Waals surface area (Å²) < 4.78 is 21.7. The van der Waals surface area contributed by atoms with Gasteiger partial charge < -0.3 is 24.1 Å². The van der Waals surface area contributed by atoms with Crippen LogP contribution in [-0.2, 0) is 20.8 Å². The van der Waals surface area contributed by atoms with Crippen molar-refractivity contribution in [1.82, 2.24) is 29.6 Å². The van der Waals surface area contributed by atoms with Crippen LogP contribution in [0, 0.1) is 30.1 Å². The van der Waals surface area contributed by atoms with Gasteiger partial charge in [0.15, 0.2) is 10.8 Å². The summed E-state index contributed by atoms with van der Waals surface area (Å²) in [5.41, 5.74) is 5.28. The van der Waals surface area contributed by atoms with Gasteiger partial charge in [0.2, 0.25) is 0 Å². The lowest BCUT2D eigenvalue weighted by molar-refractivity contribution is -0.248. The fraction of sp³-hybridized carbons (Fsp3) is 0.500. The molecule has 4 aromatic heterocycles. The van der Waals surface area contributed by atoms with Crippen LogP contribution in [0.4, 0.5) is 9.93 Å².